The maximum Gasteiger partial charge on any atom is 0.227 e. The Labute approximate surface area is 141 Å². The Balaban J connectivity index is 1.75. The number of nitrogens with zero attached hydrogens (tertiary/aromatic N) is 2. The zero-order valence-electron chi connectivity index (χ0n) is 14.2. The first-order chi connectivity index (χ1) is 11.4. The summed E-state index contributed by atoms with van der Waals surface area (Å²) in [5, 5.41) is 9.21. The standard InChI is InChI=1S/C19H21N3O2/c1-19(2,3)21-16(23)11-12-17-20-18(22-24-17)15-10-6-8-13-7-4-5-9-14(13)15/h4-10H,11-12H2,1-3H3,(H,21,23). The van der Waals surface area contributed by atoms with Crippen LogP contribution in [0.15, 0.2) is 47.0 Å². The highest BCUT2D eigenvalue weighted by Gasteiger charge is 2.16. The summed E-state index contributed by atoms with van der Waals surface area (Å²) in [4.78, 5) is 16.3. The molecule has 1 amide bonds. The highest BCUT2D eigenvalue weighted by atomic mass is 16.5. The van der Waals surface area contributed by atoms with Gasteiger partial charge in [-0.2, -0.15) is 4.98 Å². The second kappa shape index (κ2) is 6.43. The van der Waals surface area contributed by atoms with Gasteiger partial charge in [0.1, 0.15) is 0 Å². The maximum absolute atomic E-state index is 11.9. The number of aromatic nitrogens is 2. The number of carbonyl (C=O) groups excluding carboxylic acids is 1. The number of hydrogen-bond acceptors (Lipinski definition) is 4. The summed E-state index contributed by atoms with van der Waals surface area (Å²) >= 11 is 0. The van der Waals surface area contributed by atoms with Crippen LogP contribution in [0.3, 0.4) is 0 Å². The summed E-state index contributed by atoms with van der Waals surface area (Å²) in [5.41, 5.74) is 0.697. The Morgan fingerprint density at radius 3 is 2.67 bits per heavy atom. The summed E-state index contributed by atoms with van der Waals surface area (Å²) in [6.45, 7) is 5.86. The van der Waals surface area contributed by atoms with Gasteiger partial charge in [0, 0.05) is 23.9 Å². The monoisotopic (exact) mass is 323 g/mol. The molecule has 5 heteroatoms. The molecule has 0 aliphatic carbocycles. The highest BCUT2D eigenvalue weighted by Crippen LogP contribution is 2.26. The molecular formula is C19H21N3O2. The van der Waals surface area contributed by atoms with Gasteiger partial charge in [-0.25, -0.2) is 0 Å². The van der Waals surface area contributed by atoms with Crippen LogP contribution in [0.4, 0.5) is 0 Å². The largest absolute Gasteiger partial charge is 0.351 e. The number of aryl methyl sites for hydroxylation is 1. The van der Waals surface area contributed by atoms with Gasteiger partial charge in [0.15, 0.2) is 0 Å². The fourth-order valence-electron chi connectivity index (χ4n) is 2.59. The molecule has 0 aliphatic rings. The maximum atomic E-state index is 11.9. The van der Waals surface area contributed by atoms with E-state index in [-0.39, 0.29) is 11.4 Å². The Kier molecular flexibility index (Phi) is 4.34. The van der Waals surface area contributed by atoms with Crippen molar-refractivity contribution < 1.29 is 9.32 Å². The van der Waals surface area contributed by atoms with E-state index in [9.17, 15) is 4.79 Å². The third-order valence-corrected chi connectivity index (χ3v) is 3.58. The summed E-state index contributed by atoms with van der Waals surface area (Å²) in [7, 11) is 0. The Morgan fingerprint density at radius 1 is 1.12 bits per heavy atom. The first-order valence-electron chi connectivity index (χ1n) is 8.04. The zero-order chi connectivity index (χ0) is 17.2. The fourth-order valence-corrected chi connectivity index (χ4v) is 2.59. The molecule has 3 aromatic rings. The number of rotatable bonds is 4. The van der Waals surface area contributed by atoms with Crippen LogP contribution in [0, 0.1) is 0 Å². The smallest absolute Gasteiger partial charge is 0.227 e. The number of hydrogen-bond donors (Lipinski definition) is 1. The van der Waals surface area contributed by atoms with Gasteiger partial charge >= 0.3 is 0 Å². The summed E-state index contributed by atoms with van der Waals surface area (Å²) < 4.78 is 5.31. The van der Waals surface area contributed by atoms with Crippen molar-refractivity contribution in [3.05, 3.63) is 48.4 Å². The second-order valence-corrected chi connectivity index (χ2v) is 6.84. The molecule has 3 rings (SSSR count). The van der Waals surface area contributed by atoms with E-state index in [2.05, 4.69) is 27.6 Å². The lowest BCUT2D eigenvalue weighted by atomic mass is 10.0. The van der Waals surface area contributed by atoms with Crippen LogP contribution >= 0.6 is 0 Å². The summed E-state index contributed by atoms with van der Waals surface area (Å²) in [5.74, 6) is 1.01. The van der Waals surface area contributed by atoms with Gasteiger partial charge in [0.05, 0.1) is 0 Å². The van der Waals surface area contributed by atoms with Crippen LogP contribution < -0.4 is 5.32 Å². The van der Waals surface area contributed by atoms with Crippen molar-refractivity contribution in [1.29, 1.82) is 0 Å². The minimum atomic E-state index is -0.236. The number of fused-ring (bicyclic) bond motifs is 1. The number of carbonyl (C=O) groups is 1. The fraction of sp³-hybridized carbons (Fsp3) is 0.316. The molecule has 0 radical (unpaired) electrons. The average molecular weight is 323 g/mol. The molecule has 0 spiro atoms. The van der Waals surface area contributed by atoms with Crippen molar-refractivity contribution in [1.82, 2.24) is 15.5 Å². The van der Waals surface area contributed by atoms with Gasteiger partial charge in [0.25, 0.3) is 0 Å². The lowest BCUT2D eigenvalue weighted by molar-refractivity contribution is -0.122. The third kappa shape index (κ3) is 3.79. The van der Waals surface area contributed by atoms with Gasteiger partial charge in [-0.15, -0.1) is 0 Å². The molecule has 24 heavy (non-hydrogen) atoms. The van der Waals surface area contributed by atoms with Crippen LogP contribution in [0.25, 0.3) is 22.2 Å². The molecule has 1 aromatic heterocycles. The number of benzene rings is 2. The van der Waals surface area contributed by atoms with E-state index in [1.807, 2.05) is 51.1 Å². The molecule has 0 aliphatic heterocycles. The van der Waals surface area contributed by atoms with Crippen molar-refractivity contribution in [3.8, 4) is 11.4 Å². The molecule has 2 aromatic carbocycles. The van der Waals surface area contributed by atoms with Crippen LogP contribution in [-0.2, 0) is 11.2 Å². The predicted molar refractivity (Wildman–Crippen MR) is 93.5 cm³/mol. The molecule has 5 nitrogen and oxygen atoms in total. The first kappa shape index (κ1) is 16.2. The number of nitrogens with one attached hydrogen (secondary N) is 1. The summed E-state index contributed by atoms with van der Waals surface area (Å²) in [6, 6.07) is 14.1. The van der Waals surface area contributed by atoms with Gasteiger partial charge < -0.3 is 9.84 Å². The van der Waals surface area contributed by atoms with Crippen LogP contribution in [-0.4, -0.2) is 21.6 Å². The van der Waals surface area contributed by atoms with Crippen LogP contribution in [0.2, 0.25) is 0 Å². The molecule has 0 saturated carbocycles. The molecule has 0 saturated heterocycles. The van der Waals surface area contributed by atoms with E-state index < -0.39 is 0 Å². The van der Waals surface area contributed by atoms with E-state index in [1.54, 1.807) is 0 Å². The van der Waals surface area contributed by atoms with Crippen molar-refractivity contribution >= 4 is 16.7 Å². The lowest BCUT2D eigenvalue weighted by Gasteiger charge is -2.20. The Hall–Kier alpha value is -2.69. The molecule has 1 heterocycles. The van der Waals surface area contributed by atoms with E-state index in [4.69, 9.17) is 4.52 Å². The lowest BCUT2D eigenvalue weighted by Crippen LogP contribution is -2.40. The molecule has 0 fully saturated rings. The zero-order valence-corrected chi connectivity index (χ0v) is 14.2. The molecule has 1 N–H and O–H groups in total. The third-order valence-electron chi connectivity index (χ3n) is 3.58. The van der Waals surface area contributed by atoms with Crippen molar-refractivity contribution in [2.24, 2.45) is 0 Å². The SMILES string of the molecule is CC(C)(C)NC(=O)CCc1nc(-c2cccc3ccccc23)no1. The van der Waals surface area contributed by atoms with E-state index in [0.29, 0.717) is 24.6 Å². The second-order valence-electron chi connectivity index (χ2n) is 6.84. The van der Waals surface area contributed by atoms with Crippen molar-refractivity contribution in [2.75, 3.05) is 0 Å². The Morgan fingerprint density at radius 2 is 1.88 bits per heavy atom. The topological polar surface area (TPSA) is 68.0 Å². The van der Waals surface area contributed by atoms with Gasteiger partial charge in [-0.05, 0) is 31.5 Å². The highest BCUT2D eigenvalue weighted by molar-refractivity contribution is 5.94. The number of amides is 1. The first-order valence-corrected chi connectivity index (χ1v) is 8.04. The van der Waals surface area contributed by atoms with E-state index in [1.165, 1.54) is 0 Å². The minimum Gasteiger partial charge on any atom is -0.351 e. The minimum absolute atomic E-state index is 0.0209. The van der Waals surface area contributed by atoms with Gasteiger partial charge in [-0.1, -0.05) is 47.6 Å². The quantitative estimate of drug-likeness (QED) is 0.794. The normalized spacial score (nSPS) is 11.6. The van der Waals surface area contributed by atoms with Crippen molar-refractivity contribution in [3.63, 3.8) is 0 Å². The van der Waals surface area contributed by atoms with Crippen molar-refractivity contribution in [2.45, 2.75) is 39.2 Å². The molecule has 124 valence electrons. The van der Waals surface area contributed by atoms with Gasteiger partial charge in [0.2, 0.25) is 17.6 Å². The van der Waals surface area contributed by atoms with Crippen LogP contribution in [0.5, 0.6) is 0 Å². The molecule has 0 atom stereocenters. The molecule has 0 bridgehead atoms. The average Bonchev–Trinajstić information content (AvgIpc) is 2.99. The van der Waals surface area contributed by atoms with Crippen LogP contribution in [0.1, 0.15) is 33.1 Å². The molecule has 0 unspecified atom stereocenters. The Bertz CT molecular complexity index is 857. The van der Waals surface area contributed by atoms with Gasteiger partial charge in [-0.3, -0.25) is 4.79 Å². The molecular weight excluding hydrogens is 302 g/mol. The summed E-state index contributed by atoms with van der Waals surface area (Å²) in [6.07, 6.45) is 0.758. The predicted octanol–water partition coefficient (Wildman–Crippen LogP) is 3.74. The van der Waals surface area contributed by atoms with E-state index in [0.717, 1.165) is 16.3 Å². The van der Waals surface area contributed by atoms with E-state index >= 15 is 0 Å².